The normalized spacial score (nSPS) is 16.7. The van der Waals surface area contributed by atoms with Crippen molar-refractivity contribution in [2.24, 2.45) is 0 Å². The smallest absolute Gasteiger partial charge is 0.221 e. The molecule has 0 spiro atoms. The lowest BCUT2D eigenvalue weighted by Gasteiger charge is -2.11. The van der Waals surface area contributed by atoms with E-state index in [0.29, 0.717) is 24.0 Å². The summed E-state index contributed by atoms with van der Waals surface area (Å²) in [6.07, 6.45) is 6.82. The van der Waals surface area contributed by atoms with Gasteiger partial charge in [0.15, 0.2) is 0 Å². The molecule has 23 heavy (non-hydrogen) atoms. The van der Waals surface area contributed by atoms with Gasteiger partial charge in [0.05, 0.1) is 11.4 Å². The molecule has 124 valence electrons. The van der Waals surface area contributed by atoms with E-state index in [2.05, 4.69) is 10.3 Å². The van der Waals surface area contributed by atoms with Gasteiger partial charge in [-0.25, -0.2) is 4.98 Å². The highest BCUT2D eigenvalue weighted by molar-refractivity contribution is 7.84. The molecule has 1 atom stereocenters. The molecule has 1 amide bonds. The van der Waals surface area contributed by atoms with Crippen molar-refractivity contribution in [3.05, 3.63) is 35.8 Å². The molecule has 3 rings (SSSR count). The first-order valence-corrected chi connectivity index (χ1v) is 9.68. The predicted molar refractivity (Wildman–Crippen MR) is 91.7 cm³/mol. The SMILES string of the molecule is Cc1cccc2nc(C[S@@](=O)CCC(=O)NC3CCCC3)cn12. The van der Waals surface area contributed by atoms with Crippen LogP contribution in [-0.4, -0.2) is 31.3 Å². The molecular formula is C17H23N3O2S. The van der Waals surface area contributed by atoms with E-state index in [1.165, 1.54) is 12.8 Å². The van der Waals surface area contributed by atoms with Gasteiger partial charge in [-0.1, -0.05) is 18.9 Å². The first-order chi connectivity index (χ1) is 11.1. The van der Waals surface area contributed by atoms with Crippen molar-refractivity contribution < 1.29 is 9.00 Å². The number of amides is 1. The Labute approximate surface area is 138 Å². The summed E-state index contributed by atoms with van der Waals surface area (Å²) in [4.78, 5) is 16.4. The number of hydrogen-bond donors (Lipinski definition) is 1. The van der Waals surface area contributed by atoms with Gasteiger partial charge in [0.1, 0.15) is 5.65 Å². The zero-order valence-corrected chi connectivity index (χ0v) is 14.3. The van der Waals surface area contributed by atoms with Crippen molar-refractivity contribution in [2.45, 2.75) is 50.8 Å². The number of nitrogens with one attached hydrogen (secondary N) is 1. The van der Waals surface area contributed by atoms with E-state index in [-0.39, 0.29) is 5.91 Å². The molecule has 1 N–H and O–H groups in total. The zero-order valence-electron chi connectivity index (χ0n) is 13.5. The first-order valence-electron chi connectivity index (χ1n) is 8.20. The minimum atomic E-state index is -1.06. The summed E-state index contributed by atoms with van der Waals surface area (Å²) in [7, 11) is -1.06. The number of fused-ring (bicyclic) bond motifs is 1. The number of hydrogen-bond acceptors (Lipinski definition) is 3. The number of rotatable bonds is 6. The molecule has 2 aromatic rings. The molecule has 0 bridgehead atoms. The number of carbonyl (C=O) groups excluding carboxylic acids is 1. The number of imidazole rings is 1. The fraction of sp³-hybridized carbons (Fsp3) is 0.529. The van der Waals surface area contributed by atoms with Crippen LogP contribution in [0.1, 0.15) is 43.5 Å². The van der Waals surface area contributed by atoms with E-state index < -0.39 is 10.8 Å². The van der Waals surface area contributed by atoms with E-state index in [1.54, 1.807) is 0 Å². The van der Waals surface area contributed by atoms with Crippen molar-refractivity contribution in [1.29, 1.82) is 0 Å². The molecule has 6 heteroatoms. The summed E-state index contributed by atoms with van der Waals surface area (Å²) in [6.45, 7) is 2.02. The lowest BCUT2D eigenvalue weighted by atomic mass is 10.2. The monoisotopic (exact) mass is 333 g/mol. The summed E-state index contributed by atoms with van der Waals surface area (Å²) in [5.74, 6) is 0.819. The first kappa shape index (κ1) is 16.2. The maximum absolute atomic E-state index is 12.2. The van der Waals surface area contributed by atoms with Gasteiger partial charge in [0, 0.05) is 40.9 Å². The Kier molecular flexibility index (Phi) is 5.10. The van der Waals surface area contributed by atoms with Gasteiger partial charge in [-0.3, -0.25) is 9.00 Å². The lowest BCUT2D eigenvalue weighted by Crippen LogP contribution is -2.33. The van der Waals surface area contributed by atoms with Crippen molar-refractivity contribution in [1.82, 2.24) is 14.7 Å². The molecule has 0 radical (unpaired) electrons. The maximum atomic E-state index is 12.2. The largest absolute Gasteiger partial charge is 0.353 e. The fourth-order valence-electron chi connectivity index (χ4n) is 3.08. The van der Waals surface area contributed by atoms with Crippen LogP contribution in [0, 0.1) is 6.92 Å². The van der Waals surface area contributed by atoms with Crippen LogP contribution in [0.3, 0.4) is 0 Å². The molecule has 2 aromatic heterocycles. The maximum Gasteiger partial charge on any atom is 0.221 e. The highest BCUT2D eigenvalue weighted by Crippen LogP contribution is 2.17. The van der Waals surface area contributed by atoms with Gasteiger partial charge >= 0.3 is 0 Å². The predicted octanol–water partition coefficient (Wildman–Crippen LogP) is 2.34. The van der Waals surface area contributed by atoms with Gasteiger partial charge in [-0.2, -0.15) is 0 Å². The van der Waals surface area contributed by atoms with Gasteiger partial charge in [-0.05, 0) is 31.9 Å². The van der Waals surface area contributed by atoms with Crippen LogP contribution in [0.15, 0.2) is 24.4 Å². The molecular weight excluding hydrogens is 310 g/mol. The molecule has 1 fully saturated rings. The van der Waals surface area contributed by atoms with Crippen LogP contribution >= 0.6 is 0 Å². The molecule has 1 saturated carbocycles. The number of carbonyl (C=O) groups is 1. The second kappa shape index (κ2) is 7.25. The zero-order chi connectivity index (χ0) is 16.2. The van der Waals surface area contributed by atoms with Gasteiger partial charge < -0.3 is 9.72 Å². The molecule has 0 aromatic carbocycles. The number of nitrogens with zero attached hydrogens (tertiary/aromatic N) is 2. The van der Waals surface area contributed by atoms with Crippen LogP contribution in [-0.2, 0) is 21.3 Å². The number of aromatic nitrogens is 2. The highest BCUT2D eigenvalue weighted by Gasteiger charge is 2.17. The molecule has 0 aliphatic heterocycles. The van der Waals surface area contributed by atoms with Crippen molar-refractivity contribution in [3.63, 3.8) is 0 Å². The van der Waals surface area contributed by atoms with E-state index in [4.69, 9.17) is 0 Å². The quantitative estimate of drug-likeness (QED) is 0.882. The second-order valence-corrected chi connectivity index (χ2v) is 7.79. The van der Waals surface area contributed by atoms with E-state index in [1.807, 2.05) is 35.7 Å². The Hall–Kier alpha value is -1.69. The summed E-state index contributed by atoms with van der Waals surface area (Å²) in [5.41, 5.74) is 2.78. The van der Waals surface area contributed by atoms with Crippen molar-refractivity contribution in [2.75, 3.05) is 5.75 Å². The average molecular weight is 333 g/mol. The third-order valence-electron chi connectivity index (χ3n) is 4.33. The van der Waals surface area contributed by atoms with Crippen LogP contribution in [0.25, 0.3) is 5.65 Å². The Balaban J connectivity index is 1.50. The third-order valence-corrected chi connectivity index (χ3v) is 5.61. The van der Waals surface area contributed by atoms with Gasteiger partial charge in [-0.15, -0.1) is 0 Å². The Morgan fingerprint density at radius 2 is 2.17 bits per heavy atom. The Morgan fingerprint density at radius 3 is 2.91 bits per heavy atom. The van der Waals surface area contributed by atoms with E-state index in [9.17, 15) is 9.00 Å². The molecule has 1 aliphatic rings. The molecule has 0 unspecified atom stereocenters. The summed E-state index contributed by atoms with van der Waals surface area (Å²) in [6, 6.07) is 6.25. The highest BCUT2D eigenvalue weighted by atomic mass is 32.2. The van der Waals surface area contributed by atoms with E-state index in [0.717, 1.165) is 29.9 Å². The molecule has 1 aliphatic carbocycles. The van der Waals surface area contributed by atoms with Gasteiger partial charge in [0.2, 0.25) is 5.91 Å². The summed E-state index contributed by atoms with van der Waals surface area (Å²) in [5, 5.41) is 3.03. The minimum Gasteiger partial charge on any atom is -0.353 e. The third kappa shape index (κ3) is 4.19. The number of pyridine rings is 1. The van der Waals surface area contributed by atoms with Gasteiger partial charge in [0.25, 0.3) is 0 Å². The number of aryl methyl sites for hydroxylation is 1. The summed E-state index contributed by atoms with van der Waals surface area (Å²) >= 11 is 0. The average Bonchev–Trinajstić information content (AvgIpc) is 3.15. The van der Waals surface area contributed by atoms with Crippen LogP contribution < -0.4 is 5.32 Å². The lowest BCUT2D eigenvalue weighted by molar-refractivity contribution is -0.121. The van der Waals surface area contributed by atoms with E-state index >= 15 is 0 Å². The Morgan fingerprint density at radius 1 is 1.39 bits per heavy atom. The summed E-state index contributed by atoms with van der Waals surface area (Å²) < 4.78 is 14.2. The topological polar surface area (TPSA) is 63.5 Å². The van der Waals surface area contributed by atoms with Crippen molar-refractivity contribution >= 4 is 22.4 Å². The fourth-order valence-corrected chi connectivity index (χ4v) is 4.11. The molecule has 5 nitrogen and oxygen atoms in total. The molecule has 2 heterocycles. The molecule has 0 saturated heterocycles. The standard InChI is InChI=1S/C17H23N3O2S/c1-13-5-4-8-16-18-15(11-20(13)16)12-23(22)10-9-17(21)19-14-6-2-3-7-14/h4-5,8,11,14H,2-3,6-7,9-10,12H2,1H3,(H,19,21)/t23-/m0/s1. The second-order valence-electron chi connectivity index (χ2n) is 6.21. The van der Waals surface area contributed by atoms with Crippen molar-refractivity contribution in [3.8, 4) is 0 Å². The van der Waals surface area contributed by atoms with Crippen LogP contribution in [0.5, 0.6) is 0 Å². The van der Waals surface area contributed by atoms with Crippen LogP contribution in [0.2, 0.25) is 0 Å². The van der Waals surface area contributed by atoms with Crippen LogP contribution in [0.4, 0.5) is 0 Å². The minimum absolute atomic E-state index is 0.0242. The Bertz CT molecular complexity index is 720.